The zero-order valence-corrected chi connectivity index (χ0v) is 14.0. The molecule has 0 saturated heterocycles. The van der Waals surface area contributed by atoms with Crippen molar-refractivity contribution in [1.29, 1.82) is 0 Å². The van der Waals surface area contributed by atoms with E-state index in [2.05, 4.69) is 18.8 Å². The van der Waals surface area contributed by atoms with Crippen LogP contribution < -0.4 is 0 Å². The zero-order valence-electron chi connectivity index (χ0n) is 14.0. The normalized spacial score (nSPS) is 14.2. The van der Waals surface area contributed by atoms with Crippen molar-refractivity contribution in [3.8, 4) is 5.75 Å². The maximum absolute atomic E-state index is 11.1. The standard InChI is InChI=1S/C18H27NO3/c1-5-15(6-2)11-18(4,13-22-14(3)20)19-12-16-9-7-8-10-17(16)21/h7-10,12,15,21H,5-6,11,13H2,1-4H3. The SMILES string of the molecule is CCC(CC)CC(C)(COC(C)=O)N=Cc1ccccc1O. The first-order valence-electron chi connectivity index (χ1n) is 7.86. The number of phenolic OH excluding ortho intramolecular Hbond substituents is 1. The number of carbonyl (C=O) groups is 1. The van der Waals surface area contributed by atoms with E-state index in [4.69, 9.17) is 4.74 Å². The van der Waals surface area contributed by atoms with Crippen LogP contribution in [0.2, 0.25) is 0 Å². The number of para-hydroxylation sites is 1. The summed E-state index contributed by atoms with van der Waals surface area (Å²) in [6.07, 6.45) is 4.65. The van der Waals surface area contributed by atoms with E-state index in [0.29, 0.717) is 11.5 Å². The molecule has 22 heavy (non-hydrogen) atoms. The van der Waals surface area contributed by atoms with E-state index in [0.717, 1.165) is 19.3 Å². The van der Waals surface area contributed by atoms with Gasteiger partial charge in [0.15, 0.2) is 0 Å². The van der Waals surface area contributed by atoms with Gasteiger partial charge in [-0.1, -0.05) is 38.8 Å². The van der Waals surface area contributed by atoms with Crippen molar-refractivity contribution in [2.24, 2.45) is 10.9 Å². The summed E-state index contributed by atoms with van der Waals surface area (Å²) in [4.78, 5) is 15.8. The van der Waals surface area contributed by atoms with Crippen molar-refractivity contribution in [1.82, 2.24) is 0 Å². The third kappa shape index (κ3) is 5.88. The molecule has 0 aliphatic rings. The Hall–Kier alpha value is -1.84. The molecule has 0 amide bonds. The summed E-state index contributed by atoms with van der Waals surface area (Å²) in [5.74, 6) is 0.430. The molecular weight excluding hydrogens is 278 g/mol. The Balaban J connectivity index is 2.93. The fraction of sp³-hybridized carbons (Fsp3) is 0.556. The molecule has 1 aromatic rings. The summed E-state index contributed by atoms with van der Waals surface area (Å²) in [5.41, 5.74) is 0.186. The predicted octanol–water partition coefficient (Wildman–Crippen LogP) is 3.96. The van der Waals surface area contributed by atoms with E-state index < -0.39 is 5.54 Å². The van der Waals surface area contributed by atoms with Gasteiger partial charge in [0.1, 0.15) is 12.4 Å². The van der Waals surface area contributed by atoms with Crippen molar-refractivity contribution in [2.75, 3.05) is 6.61 Å². The van der Waals surface area contributed by atoms with Gasteiger partial charge in [-0.3, -0.25) is 9.79 Å². The fourth-order valence-electron chi connectivity index (χ4n) is 2.43. The molecule has 0 spiro atoms. The molecule has 0 heterocycles. The maximum atomic E-state index is 11.1. The first kappa shape index (κ1) is 18.2. The summed E-state index contributed by atoms with van der Waals surface area (Å²) < 4.78 is 5.20. The van der Waals surface area contributed by atoms with Crippen molar-refractivity contribution in [2.45, 2.75) is 52.5 Å². The lowest BCUT2D eigenvalue weighted by Crippen LogP contribution is -2.32. The van der Waals surface area contributed by atoms with Crippen LogP contribution in [0, 0.1) is 5.92 Å². The van der Waals surface area contributed by atoms with Crippen molar-refractivity contribution < 1.29 is 14.6 Å². The Morgan fingerprint density at radius 1 is 1.36 bits per heavy atom. The number of hydrogen-bond acceptors (Lipinski definition) is 4. The summed E-state index contributed by atoms with van der Waals surface area (Å²) in [5, 5.41) is 9.82. The van der Waals surface area contributed by atoms with E-state index in [1.165, 1.54) is 6.92 Å². The lowest BCUT2D eigenvalue weighted by molar-refractivity contribution is -0.142. The van der Waals surface area contributed by atoms with Crippen LogP contribution in [0.4, 0.5) is 0 Å². The number of nitrogens with zero attached hydrogens (tertiary/aromatic N) is 1. The van der Waals surface area contributed by atoms with E-state index in [1.807, 2.05) is 19.1 Å². The Labute approximate surface area is 133 Å². The van der Waals surface area contributed by atoms with Crippen molar-refractivity contribution in [3.05, 3.63) is 29.8 Å². The monoisotopic (exact) mass is 305 g/mol. The largest absolute Gasteiger partial charge is 0.507 e. The summed E-state index contributed by atoms with van der Waals surface area (Å²) in [7, 11) is 0. The molecule has 0 fully saturated rings. The van der Waals surface area contributed by atoms with Gasteiger partial charge >= 0.3 is 5.97 Å². The number of esters is 1. The van der Waals surface area contributed by atoms with Gasteiger partial charge in [-0.25, -0.2) is 0 Å². The molecular formula is C18H27NO3. The Morgan fingerprint density at radius 2 is 2.00 bits per heavy atom. The molecule has 1 N–H and O–H groups in total. The molecule has 0 bridgehead atoms. The minimum absolute atomic E-state index is 0.198. The average Bonchev–Trinajstić information content (AvgIpc) is 2.50. The molecule has 0 aliphatic carbocycles. The molecule has 4 nitrogen and oxygen atoms in total. The molecule has 4 heteroatoms. The second-order valence-electron chi connectivity index (χ2n) is 5.98. The first-order chi connectivity index (χ1) is 10.4. The summed E-state index contributed by atoms with van der Waals surface area (Å²) >= 11 is 0. The second kappa shape index (κ2) is 8.57. The third-order valence-corrected chi connectivity index (χ3v) is 3.92. The summed E-state index contributed by atoms with van der Waals surface area (Å²) in [6, 6.07) is 7.06. The van der Waals surface area contributed by atoms with E-state index in [9.17, 15) is 9.90 Å². The topological polar surface area (TPSA) is 58.9 Å². The van der Waals surface area contributed by atoms with Gasteiger partial charge in [0, 0.05) is 18.7 Å². The van der Waals surface area contributed by atoms with Crippen LogP contribution in [0.3, 0.4) is 0 Å². The average molecular weight is 305 g/mol. The van der Waals surface area contributed by atoms with Gasteiger partial charge in [0.2, 0.25) is 0 Å². The third-order valence-electron chi connectivity index (χ3n) is 3.92. The number of ether oxygens (including phenoxy) is 1. The quantitative estimate of drug-likeness (QED) is 0.584. The minimum atomic E-state index is -0.482. The van der Waals surface area contributed by atoms with Gasteiger partial charge < -0.3 is 9.84 Å². The van der Waals surface area contributed by atoms with Gasteiger partial charge in [-0.15, -0.1) is 0 Å². The smallest absolute Gasteiger partial charge is 0.302 e. The van der Waals surface area contributed by atoms with Crippen LogP contribution >= 0.6 is 0 Å². The molecule has 0 aromatic heterocycles. The molecule has 1 unspecified atom stereocenters. The molecule has 0 saturated carbocycles. The van der Waals surface area contributed by atoms with Gasteiger partial charge in [-0.05, 0) is 31.4 Å². The highest BCUT2D eigenvalue weighted by atomic mass is 16.5. The minimum Gasteiger partial charge on any atom is -0.507 e. The lowest BCUT2D eigenvalue weighted by atomic mass is 9.87. The highest BCUT2D eigenvalue weighted by Crippen LogP contribution is 2.26. The summed E-state index contributed by atoms with van der Waals surface area (Å²) in [6.45, 7) is 7.97. The Kier molecular flexibility index (Phi) is 7.09. The number of aromatic hydroxyl groups is 1. The molecule has 0 aliphatic heterocycles. The Bertz CT molecular complexity index is 509. The highest BCUT2D eigenvalue weighted by Gasteiger charge is 2.27. The number of rotatable bonds is 8. The predicted molar refractivity (Wildman–Crippen MR) is 89.4 cm³/mol. The molecule has 122 valence electrons. The molecule has 1 atom stereocenters. The highest BCUT2D eigenvalue weighted by molar-refractivity contribution is 5.83. The molecule has 1 aromatic carbocycles. The molecule has 0 radical (unpaired) electrons. The van der Waals surface area contributed by atoms with E-state index >= 15 is 0 Å². The number of aliphatic imine (C=N–C) groups is 1. The first-order valence-corrected chi connectivity index (χ1v) is 7.86. The van der Waals surface area contributed by atoms with Crippen LogP contribution in [0.1, 0.15) is 52.5 Å². The van der Waals surface area contributed by atoms with Gasteiger partial charge in [0.05, 0.1) is 5.54 Å². The van der Waals surface area contributed by atoms with Crippen molar-refractivity contribution >= 4 is 12.2 Å². The second-order valence-corrected chi connectivity index (χ2v) is 5.98. The van der Waals surface area contributed by atoms with Crippen LogP contribution in [-0.2, 0) is 9.53 Å². The van der Waals surface area contributed by atoms with Crippen LogP contribution in [0.15, 0.2) is 29.3 Å². The van der Waals surface area contributed by atoms with Gasteiger partial charge in [0.25, 0.3) is 0 Å². The number of benzene rings is 1. The lowest BCUT2D eigenvalue weighted by Gasteiger charge is -2.28. The molecule has 1 rings (SSSR count). The number of phenols is 1. The van der Waals surface area contributed by atoms with Gasteiger partial charge in [-0.2, -0.15) is 0 Å². The zero-order chi connectivity index (χ0) is 16.6. The van der Waals surface area contributed by atoms with Crippen LogP contribution in [0.25, 0.3) is 0 Å². The van der Waals surface area contributed by atoms with E-state index in [1.54, 1.807) is 18.3 Å². The Morgan fingerprint density at radius 3 is 2.55 bits per heavy atom. The maximum Gasteiger partial charge on any atom is 0.302 e. The van der Waals surface area contributed by atoms with Crippen LogP contribution in [-0.4, -0.2) is 29.4 Å². The number of hydrogen-bond donors (Lipinski definition) is 1. The van der Waals surface area contributed by atoms with Crippen LogP contribution in [0.5, 0.6) is 5.75 Å². The van der Waals surface area contributed by atoms with Crippen molar-refractivity contribution in [3.63, 3.8) is 0 Å². The number of carbonyl (C=O) groups excluding carboxylic acids is 1. The fourth-order valence-corrected chi connectivity index (χ4v) is 2.43. The van der Waals surface area contributed by atoms with E-state index in [-0.39, 0.29) is 18.3 Å².